The number of halogens is 4. The van der Waals surface area contributed by atoms with E-state index in [2.05, 4.69) is 5.32 Å². The zero-order chi connectivity index (χ0) is 27.3. The van der Waals surface area contributed by atoms with Gasteiger partial charge in [-0.05, 0) is 56.2 Å². The van der Waals surface area contributed by atoms with Crippen LogP contribution in [0.3, 0.4) is 0 Å². The summed E-state index contributed by atoms with van der Waals surface area (Å²) in [5, 5.41) is 5.27. The maximum Gasteiger partial charge on any atom is 0.471 e. The molecule has 1 aliphatic rings. The Morgan fingerprint density at radius 3 is 2.37 bits per heavy atom. The minimum atomic E-state index is -4.89. The number of rotatable bonds is 9. The van der Waals surface area contributed by atoms with Crippen molar-refractivity contribution in [3.8, 4) is 11.3 Å². The summed E-state index contributed by atoms with van der Waals surface area (Å²) in [6.45, 7) is 3.23. The first-order chi connectivity index (χ1) is 18.1. The Labute approximate surface area is 217 Å². The number of hydrogen-bond donors (Lipinski definition) is 2. The van der Waals surface area contributed by atoms with Gasteiger partial charge in [0.05, 0.1) is 6.54 Å². The average molecular weight is 532 g/mol. The first-order valence-electron chi connectivity index (χ1n) is 12.4. The van der Waals surface area contributed by atoms with Gasteiger partial charge in [-0.2, -0.15) is 13.2 Å². The fourth-order valence-corrected chi connectivity index (χ4v) is 4.29. The van der Waals surface area contributed by atoms with E-state index in [0.717, 1.165) is 22.6 Å². The Hall–Kier alpha value is -3.89. The van der Waals surface area contributed by atoms with Crippen LogP contribution >= 0.6 is 0 Å². The number of nitrogens with one attached hydrogen (secondary N) is 2. The molecule has 2 aromatic carbocycles. The second-order valence-electron chi connectivity index (χ2n) is 9.25. The van der Waals surface area contributed by atoms with Crippen molar-refractivity contribution in [1.82, 2.24) is 19.8 Å². The van der Waals surface area contributed by atoms with Gasteiger partial charge < -0.3 is 20.1 Å². The van der Waals surface area contributed by atoms with Crippen LogP contribution in [0.1, 0.15) is 37.1 Å². The highest BCUT2D eigenvalue weighted by Crippen LogP contribution is 2.33. The highest BCUT2D eigenvalue weighted by molar-refractivity contribution is 5.81. The van der Waals surface area contributed by atoms with Gasteiger partial charge in [-0.3, -0.25) is 9.59 Å². The molecular formula is C27H29F4N5O2. The largest absolute Gasteiger partial charge is 0.471 e. The summed E-state index contributed by atoms with van der Waals surface area (Å²) in [6, 6.07) is 14.0. The lowest BCUT2D eigenvalue weighted by molar-refractivity contribution is -0.173. The van der Waals surface area contributed by atoms with Gasteiger partial charge >= 0.3 is 12.1 Å². The maximum absolute atomic E-state index is 13.6. The number of benzene rings is 2. The molecule has 2 amide bonds. The fourth-order valence-electron chi connectivity index (χ4n) is 4.29. The van der Waals surface area contributed by atoms with E-state index in [1.165, 1.54) is 12.1 Å². The lowest BCUT2D eigenvalue weighted by Crippen LogP contribution is -2.38. The van der Waals surface area contributed by atoms with Crippen LogP contribution in [-0.4, -0.2) is 45.5 Å². The van der Waals surface area contributed by atoms with Crippen molar-refractivity contribution in [3.05, 3.63) is 65.7 Å². The number of carbonyl (C=O) groups excluding carboxylic acids is 2. The molecule has 0 saturated carbocycles. The Bertz CT molecular complexity index is 1270. The van der Waals surface area contributed by atoms with Gasteiger partial charge in [-0.25, -0.2) is 9.37 Å². The maximum atomic E-state index is 13.6. The van der Waals surface area contributed by atoms with Gasteiger partial charge in [-0.1, -0.05) is 24.1 Å². The zero-order valence-corrected chi connectivity index (χ0v) is 20.9. The molecule has 0 radical (unpaired) electrons. The smallest absolute Gasteiger partial charge is 0.348 e. The van der Waals surface area contributed by atoms with Crippen LogP contribution in [0.5, 0.6) is 0 Å². The molecule has 11 heteroatoms. The van der Waals surface area contributed by atoms with Crippen molar-refractivity contribution in [2.24, 2.45) is 0 Å². The molecule has 1 aromatic heterocycles. The third kappa shape index (κ3) is 6.70. The van der Waals surface area contributed by atoms with Crippen LogP contribution in [0.15, 0.2) is 48.5 Å². The first kappa shape index (κ1) is 27.2. The molecule has 0 bridgehead atoms. The second kappa shape index (κ2) is 11.7. The Kier molecular flexibility index (Phi) is 8.33. The molecule has 2 N–H and O–H groups in total. The molecule has 0 fully saturated rings. The van der Waals surface area contributed by atoms with Crippen molar-refractivity contribution in [3.63, 3.8) is 0 Å². The van der Waals surface area contributed by atoms with E-state index < -0.39 is 12.1 Å². The Balaban J connectivity index is 1.40. The molecule has 7 nitrogen and oxygen atoms in total. The van der Waals surface area contributed by atoms with Gasteiger partial charge in [0.1, 0.15) is 23.2 Å². The Morgan fingerprint density at radius 2 is 1.68 bits per heavy atom. The molecular weight excluding hydrogens is 502 g/mol. The van der Waals surface area contributed by atoms with Crippen molar-refractivity contribution >= 4 is 23.3 Å². The van der Waals surface area contributed by atoms with Gasteiger partial charge in [0.2, 0.25) is 5.91 Å². The highest BCUT2D eigenvalue weighted by Gasteiger charge is 2.38. The summed E-state index contributed by atoms with van der Waals surface area (Å²) in [5.41, 5.74) is 3.42. The van der Waals surface area contributed by atoms with Crippen molar-refractivity contribution in [2.75, 3.05) is 18.4 Å². The summed E-state index contributed by atoms with van der Waals surface area (Å²) in [5.74, 6) is -0.884. The molecule has 0 saturated heterocycles. The van der Waals surface area contributed by atoms with E-state index in [9.17, 15) is 27.2 Å². The fraction of sp³-hybridized carbons (Fsp3) is 0.370. The standard InChI is InChI=1S/C27H29F4N5O2/c1-18-6-12-21(13-7-18)33-25-24(19-8-10-20(28)11-9-19)34-22-17-35(15-16-36(22)25)23(37)5-3-2-4-14-32-26(38)27(29,30)31/h6-13,33H,2-5,14-17H2,1H3,(H,32,38). The van der Waals surface area contributed by atoms with Crippen molar-refractivity contribution in [2.45, 2.75) is 51.9 Å². The molecule has 0 atom stereocenters. The average Bonchev–Trinajstić information content (AvgIpc) is 3.24. The minimum Gasteiger partial charge on any atom is -0.348 e. The molecule has 4 rings (SSSR count). The number of hydrogen-bond acceptors (Lipinski definition) is 4. The summed E-state index contributed by atoms with van der Waals surface area (Å²) in [6.07, 6.45) is -3.25. The third-order valence-corrected chi connectivity index (χ3v) is 6.37. The molecule has 202 valence electrons. The van der Waals surface area contributed by atoms with Crippen LogP contribution < -0.4 is 10.6 Å². The van der Waals surface area contributed by atoms with Crippen molar-refractivity contribution < 1.29 is 27.2 Å². The number of anilines is 2. The first-order valence-corrected chi connectivity index (χ1v) is 12.4. The summed E-state index contributed by atoms with van der Waals surface area (Å²) >= 11 is 0. The molecule has 2 heterocycles. The predicted molar refractivity (Wildman–Crippen MR) is 135 cm³/mol. The lowest BCUT2D eigenvalue weighted by atomic mass is 10.1. The number of aryl methyl sites for hydroxylation is 1. The number of fused-ring (bicyclic) bond motifs is 1. The zero-order valence-electron chi connectivity index (χ0n) is 20.9. The van der Waals surface area contributed by atoms with Crippen molar-refractivity contribution in [1.29, 1.82) is 0 Å². The van der Waals surface area contributed by atoms with Crippen LogP contribution in [0.2, 0.25) is 0 Å². The highest BCUT2D eigenvalue weighted by atomic mass is 19.4. The number of nitrogens with zero attached hydrogens (tertiary/aromatic N) is 3. The molecule has 0 spiro atoms. The van der Waals surface area contributed by atoms with E-state index in [4.69, 9.17) is 4.98 Å². The number of imidazole rings is 1. The van der Waals surface area contributed by atoms with Crippen LogP contribution in [0.25, 0.3) is 11.3 Å². The number of alkyl halides is 3. The SMILES string of the molecule is Cc1ccc(Nc2c(-c3ccc(F)cc3)nc3n2CCN(C(=O)CCCCCNC(=O)C(F)(F)F)C3)cc1. The van der Waals surface area contributed by atoms with Crippen LogP contribution in [0.4, 0.5) is 29.1 Å². The van der Waals surface area contributed by atoms with E-state index >= 15 is 0 Å². The van der Waals surface area contributed by atoms with E-state index in [0.29, 0.717) is 50.4 Å². The molecule has 38 heavy (non-hydrogen) atoms. The number of unbranched alkanes of at least 4 members (excludes halogenated alkanes) is 2. The molecule has 1 aliphatic heterocycles. The lowest BCUT2D eigenvalue weighted by Gasteiger charge is -2.28. The van der Waals surface area contributed by atoms with Crippen LogP contribution in [-0.2, 0) is 22.7 Å². The van der Waals surface area contributed by atoms with E-state index in [-0.39, 0.29) is 24.7 Å². The van der Waals surface area contributed by atoms with Gasteiger partial charge in [0.25, 0.3) is 0 Å². The van der Waals surface area contributed by atoms with Gasteiger partial charge in [0.15, 0.2) is 0 Å². The second-order valence-corrected chi connectivity index (χ2v) is 9.25. The van der Waals surface area contributed by atoms with Gasteiger partial charge in [0, 0.05) is 37.3 Å². The monoisotopic (exact) mass is 531 g/mol. The summed E-state index contributed by atoms with van der Waals surface area (Å²) in [4.78, 5) is 30.2. The Morgan fingerprint density at radius 1 is 0.974 bits per heavy atom. The minimum absolute atomic E-state index is 0.0602. The topological polar surface area (TPSA) is 79.3 Å². The third-order valence-electron chi connectivity index (χ3n) is 6.37. The van der Waals surface area contributed by atoms with Gasteiger partial charge in [-0.15, -0.1) is 0 Å². The normalized spacial score (nSPS) is 13.2. The number of carbonyl (C=O) groups is 2. The number of aromatic nitrogens is 2. The molecule has 0 aliphatic carbocycles. The number of amides is 2. The summed E-state index contributed by atoms with van der Waals surface area (Å²) < 4.78 is 52.2. The van der Waals surface area contributed by atoms with E-state index in [1.54, 1.807) is 17.0 Å². The molecule has 0 unspecified atom stereocenters. The quantitative estimate of drug-likeness (QED) is 0.289. The van der Waals surface area contributed by atoms with Crippen LogP contribution in [0, 0.1) is 12.7 Å². The van der Waals surface area contributed by atoms with E-state index in [1.807, 2.05) is 41.1 Å². The predicted octanol–water partition coefficient (Wildman–Crippen LogP) is 5.32. The summed E-state index contributed by atoms with van der Waals surface area (Å²) in [7, 11) is 0. The molecule has 3 aromatic rings.